The molecule has 0 aliphatic carbocycles. The highest BCUT2D eigenvalue weighted by Gasteiger charge is 2.20. The lowest BCUT2D eigenvalue weighted by Gasteiger charge is -2.26. The quantitative estimate of drug-likeness (QED) is 0.356. The maximum absolute atomic E-state index is 5.35. The second-order valence-corrected chi connectivity index (χ2v) is 6.72. The molecule has 0 aliphatic rings. The molecule has 0 bridgehead atoms. The molecule has 0 amide bonds. The van der Waals surface area contributed by atoms with E-state index < -0.39 is 0 Å². The fourth-order valence-corrected chi connectivity index (χ4v) is 2.69. The topological polar surface area (TPSA) is 54.9 Å². The van der Waals surface area contributed by atoms with Crippen LogP contribution in [0.5, 0.6) is 11.5 Å². The molecule has 2 N–H and O–H groups in total. The fourth-order valence-electron chi connectivity index (χ4n) is 2.69. The van der Waals surface area contributed by atoms with Crippen LogP contribution in [-0.4, -0.2) is 33.8 Å². The van der Waals surface area contributed by atoms with Crippen molar-refractivity contribution in [1.82, 2.24) is 10.6 Å². The van der Waals surface area contributed by atoms with Crippen molar-refractivity contribution >= 4 is 29.9 Å². The molecule has 0 atom stereocenters. The van der Waals surface area contributed by atoms with Gasteiger partial charge in [-0.1, -0.05) is 50.2 Å². The molecule has 2 aromatic rings. The standard InChI is InChI=1S/C21H29N3O2.HI/c1-21(2,17-9-7-6-8-10-17)15-24-20(22-3)23-14-16-11-12-18(25-4)19(13-16)26-5;/h6-13H,14-15H2,1-5H3,(H2,22,23,24);1H. The predicted octanol–water partition coefficient (Wildman–Crippen LogP) is 3.96. The van der Waals surface area contributed by atoms with E-state index >= 15 is 0 Å². The Bertz CT molecular complexity index is 733. The number of guanidine groups is 1. The molecule has 6 heteroatoms. The number of hydrogen-bond donors (Lipinski definition) is 2. The van der Waals surface area contributed by atoms with Gasteiger partial charge in [0.2, 0.25) is 0 Å². The van der Waals surface area contributed by atoms with Gasteiger partial charge in [-0.2, -0.15) is 0 Å². The molecule has 0 saturated heterocycles. The van der Waals surface area contributed by atoms with Crippen molar-refractivity contribution in [3.8, 4) is 11.5 Å². The highest BCUT2D eigenvalue weighted by Crippen LogP contribution is 2.27. The van der Waals surface area contributed by atoms with Gasteiger partial charge in [-0.3, -0.25) is 4.99 Å². The zero-order chi connectivity index (χ0) is 19.0. The molecule has 0 heterocycles. The molecule has 27 heavy (non-hydrogen) atoms. The number of benzene rings is 2. The summed E-state index contributed by atoms with van der Waals surface area (Å²) in [4.78, 5) is 4.31. The third-order valence-corrected chi connectivity index (χ3v) is 4.38. The summed E-state index contributed by atoms with van der Waals surface area (Å²) in [7, 11) is 5.05. The first-order chi connectivity index (χ1) is 12.5. The van der Waals surface area contributed by atoms with Crippen LogP contribution in [0.15, 0.2) is 53.5 Å². The molecule has 0 aromatic heterocycles. The number of halogens is 1. The van der Waals surface area contributed by atoms with Crippen LogP contribution in [0.25, 0.3) is 0 Å². The van der Waals surface area contributed by atoms with E-state index in [-0.39, 0.29) is 29.4 Å². The number of hydrogen-bond acceptors (Lipinski definition) is 3. The molecular weight excluding hydrogens is 453 g/mol. The first-order valence-electron chi connectivity index (χ1n) is 8.71. The first kappa shape index (κ1) is 23.1. The Hall–Kier alpha value is -1.96. The monoisotopic (exact) mass is 483 g/mol. The summed E-state index contributed by atoms with van der Waals surface area (Å²) >= 11 is 0. The van der Waals surface area contributed by atoms with Gasteiger partial charge in [-0.05, 0) is 23.3 Å². The van der Waals surface area contributed by atoms with Crippen LogP contribution in [0.1, 0.15) is 25.0 Å². The average Bonchev–Trinajstić information content (AvgIpc) is 2.68. The van der Waals surface area contributed by atoms with E-state index in [1.165, 1.54) is 5.56 Å². The van der Waals surface area contributed by atoms with Gasteiger partial charge in [-0.25, -0.2) is 0 Å². The normalized spacial score (nSPS) is 11.4. The van der Waals surface area contributed by atoms with Crippen LogP contribution in [-0.2, 0) is 12.0 Å². The van der Waals surface area contributed by atoms with Crippen molar-refractivity contribution in [3.63, 3.8) is 0 Å². The number of aliphatic imine (C=N–C) groups is 1. The van der Waals surface area contributed by atoms with Crippen LogP contribution < -0.4 is 20.1 Å². The third-order valence-electron chi connectivity index (χ3n) is 4.38. The molecule has 148 valence electrons. The SMILES string of the molecule is CN=C(NCc1ccc(OC)c(OC)c1)NCC(C)(C)c1ccccc1.I. The fraction of sp³-hybridized carbons (Fsp3) is 0.381. The lowest BCUT2D eigenvalue weighted by Crippen LogP contribution is -2.43. The van der Waals surface area contributed by atoms with E-state index in [0.29, 0.717) is 6.54 Å². The Labute approximate surface area is 179 Å². The van der Waals surface area contributed by atoms with E-state index in [9.17, 15) is 0 Å². The van der Waals surface area contributed by atoms with E-state index in [1.54, 1.807) is 21.3 Å². The zero-order valence-corrected chi connectivity index (χ0v) is 19.0. The van der Waals surface area contributed by atoms with Gasteiger partial charge < -0.3 is 20.1 Å². The van der Waals surface area contributed by atoms with Crippen molar-refractivity contribution < 1.29 is 9.47 Å². The molecule has 2 aromatic carbocycles. The van der Waals surface area contributed by atoms with E-state index in [0.717, 1.165) is 29.6 Å². The van der Waals surface area contributed by atoms with Gasteiger partial charge in [-0.15, -0.1) is 24.0 Å². The minimum absolute atomic E-state index is 0. The van der Waals surface area contributed by atoms with Crippen molar-refractivity contribution in [2.75, 3.05) is 27.8 Å². The molecule has 0 aliphatic heterocycles. The number of nitrogens with zero attached hydrogens (tertiary/aromatic N) is 1. The van der Waals surface area contributed by atoms with Crippen LogP contribution in [0.2, 0.25) is 0 Å². The molecule has 0 unspecified atom stereocenters. The average molecular weight is 483 g/mol. The summed E-state index contributed by atoms with van der Waals surface area (Å²) in [6, 6.07) is 16.4. The highest BCUT2D eigenvalue weighted by atomic mass is 127. The maximum atomic E-state index is 5.35. The second kappa shape index (κ2) is 11.0. The van der Waals surface area contributed by atoms with Crippen LogP contribution >= 0.6 is 24.0 Å². The molecule has 5 nitrogen and oxygen atoms in total. The van der Waals surface area contributed by atoms with Crippen molar-refractivity contribution in [2.45, 2.75) is 25.8 Å². The van der Waals surface area contributed by atoms with Gasteiger partial charge in [0, 0.05) is 25.6 Å². The predicted molar refractivity (Wildman–Crippen MR) is 123 cm³/mol. The zero-order valence-electron chi connectivity index (χ0n) is 16.7. The minimum Gasteiger partial charge on any atom is -0.493 e. The van der Waals surface area contributed by atoms with Crippen LogP contribution in [0.4, 0.5) is 0 Å². The minimum atomic E-state index is 0. The van der Waals surface area contributed by atoms with Gasteiger partial charge in [0.25, 0.3) is 0 Å². The summed E-state index contributed by atoms with van der Waals surface area (Å²) < 4.78 is 10.6. The largest absolute Gasteiger partial charge is 0.493 e. The number of methoxy groups -OCH3 is 2. The third kappa shape index (κ3) is 6.61. The molecular formula is C21H30IN3O2. The summed E-state index contributed by atoms with van der Waals surface area (Å²) in [6.45, 7) is 5.86. The van der Waals surface area contributed by atoms with E-state index in [1.807, 2.05) is 24.3 Å². The van der Waals surface area contributed by atoms with Crippen molar-refractivity contribution in [3.05, 3.63) is 59.7 Å². The molecule has 0 fully saturated rings. The van der Waals surface area contributed by atoms with Crippen molar-refractivity contribution in [2.24, 2.45) is 4.99 Å². The summed E-state index contributed by atoms with van der Waals surface area (Å²) in [6.07, 6.45) is 0. The Morgan fingerprint density at radius 3 is 2.22 bits per heavy atom. The summed E-state index contributed by atoms with van der Waals surface area (Å²) in [5.74, 6) is 2.21. The number of nitrogens with one attached hydrogen (secondary N) is 2. The van der Waals surface area contributed by atoms with Gasteiger partial charge in [0.05, 0.1) is 14.2 Å². The smallest absolute Gasteiger partial charge is 0.191 e. The molecule has 0 saturated carbocycles. The maximum Gasteiger partial charge on any atom is 0.191 e. The van der Waals surface area contributed by atoms with E-state index in [2.05, 4.69) is 53.7 Å². The lowest BCUT2D eigenvalue weighted by atomic mass is 9.85. The Balaban J connectivity index is 0.00000364. The second-order valence-electron chi connectivity index (χ2n) is 6.72. The lowest BCUT2D eigenvalue weighted by molar-refractivity contribution is 0.354. The number of rotatable bonds is 7. The summed E-state index contributed by atoms with van der Waals surface area (Å²) in [5, 5.41) is 6.75. The number of ether oxygens (including phenoxy) is 2. The first-order valence-corrected chi connectivity index (χ1v) is 8.71. The van der Waals surface area contributed by atoms with Gasteiger partial charge >= 0.3 is 0 Å². The Morgan fingerprint density at radius 1 is 0.963 bits per heavy atom. The highest BCUT2D eigenvalue weighted by molar-refractivity contribution is 14.0. The van der Waals surface area contributed by atoms with Gasteiger partial charge in [0.15, 0.2) is 17.5 Å². The van der Waals surface area contributed by atoms with Gasteiger partial charge in [0.1, 0.15) is 0 Å². The van der Waals surface area contributed by atoms with Crippen molar-refractivity contribution in [1.29, 1.82) is 0 Å². The van der Waals surface area contributed by atoms with E-state index in [4.69, 9.17) is 9.47 Å². The molecule has 0 spiro atoms. The molecule has 0 radical (unpaired) electrons. The summed E-state index contributed by atoms with van der Waals surface area (Å²) in [5.41, 5.74) is 2.39. The van der Waals surface area contributed by atoms with Crippen LogP contribution in [0.3, 0.4) is 0 Å². The van der Waals surface area contributed by atoms with Crippen LogP contribution in [0, 0.1) is 0 Å². The Morgan fingerprint density at radius 2 is 1.63 bits per heavy atom. The molecule has 2 rings (SSSR count). The Kier molecular flexibility index (Phi) is 9.41.